The molecule has 0 bridgehead atoms. The van der Waals surface area contributed by atoms with E-state index < -0.39 is 139 Å². The van der Waals surface area contributed by atoms with Crippen LogP contribution in [0.1, 0.15) is 101 Å². The molecule has 3 rings (SSSR count). The molecule has 0 amide bonds. The van der Waals surface area contributed by atoms with Crippen LogP contribution in [0.3, 0.4) is 0 Å². The van der Waals surface area contributed by atoms with E-state index in [0.717, 1.165) is 11.4 Å². The Balaban J connectivity index is -0.0000000595. The molecule has 0 saturated heterocycles. The van der Waals surface area contributed by atoms with Gasteiger partial charge in [0, 0.05) is 269 Å². The fourth-order valence-electron chi connectivity index (χ4n) is 4.47. The molecule has 0 saturated carbocycles. The molecule has 88 heavy (non-hydrogen) atoms. The molecule has 0 fully saturated rings. The van der Waals surface area contributed by atoms with Crippen LogP contribution in [0, 0.1) is 6.33 Å². The van der Waals surface area contributed by atoms with Gasteiger partial charge in [-0.25, -0.2) is 16.8 Å². The molecule has 39 heteroatoms. The van der Waals surface area contributed by atoms with Crippen molar-refractivity contribution in [2.75, 3.05) is 138 Å². The van der Waals surface area contributed by atoms with Crippen molar-refractivity contribution < 1.29 is 223 Å². The summed E-state index contributed by atoms with van der Waals surface area (Å²) < 4.78 is 180. The van der Waals surface area contributed by atoms with Gasteiger partial charge in [0.05, 0.1) is 21.2 Å². The Morgan fingerprint density at radius 2 is 0.511 bits per heavy atom. The molecule has 19 nitrogen and oxygen atoms in total. The molecule has 0 unspecified atom stereocenters. The molecule has 0 spiro atoms. The molecule has 520 valence electrons. The van der Waals surface area contributed by atoms with Gasteiger partial charge < -0.3 is 46.3 Å². The first kappa shape index (κ1) is 132. The zero-order valence-corrected chi connectivity index (χ0v) is 78.3. The number of nitrogens with zero attached hydrogens (tertiary/aromatic N) is 2. The van der Waals surface area contributed by atoms with E-state index in [1.165, 1.54) is 24.3 Å². The SMILES string of the molecule is CC(C)c1cc(S(=O)(=O)[O-])cc(C(C)C)c1-n1[c-][n+](-c2c(C(C)C)cc(S(=O)(=O)[O-])cc2C(C)C)cc1.CS(C)=O.CS(C)=O.CS(C)=O.CS(C)=O.CS(C)=O.CS(C)=O.CS(C)=O.CS(C)=O.CS(C)=O.CS(C)=O.CS(C)=O.[Cl-].[Cl-].[Cl-].[Na+].[Na+].[Na+].[Pd+2]. The number of hydrogen-bond acceptors (Lipinski definition) is 17. The maximum atomic E-state index is 11.9. The molecule has 3 aromatic rings. The normalized spacial score (nSPS) is 9.81. The first-order chi connectivity index (χ1) is 36.0. The first-order valence-corrected chi connectivity index (χ1v) is 47.5. The van der Waals surface area contributed by atoms with Gasteiger partial charge in [0.1, 0.15) is 20.2 Å². The predicted octanol–water partition coefficient (Wildman–Crippen LogP) is -13.2. The Hall–Kier alpha value is 3.65. The molecule has 0 radical (unpaired) electrons. The van der Waals surface area contributed by atoms with Gasteiger partial charge >= 0.3 is 109 Å². The minimum Gasteiger partial charge on any atom is -1.00 e. The van der Waals surface area contributed by atoms with Gasteiger partial charge in [-0.15, -0.1) is 0 Å². The fraction of sp³-hybridized carbons (Fsp3) is 0.694. The van der Waals surface area contributed by atoms with Crippen molar-refractivity contribution in [2.45, 2.75) is 88.9 Å². The van der Waals surface area contributed by atoms with Gasteiger partial charge in [-0.2, -0.15) is 0 Å². The summed E-state index contributed by atoms with van der Waals surface area (Å²) in [6.45, 7) is 15.4. The van der Waals surface area contributed by atoms with E-state index in [-0.39, 0.29) is 180 Å². The van der Waals surface area contributed by atoms with Crippen LogP contribution in [0.2, 0.25) is 0 Å². The van der Waals surface area contributed by atoms with E-state index >= 15 is 0 Å². The van der Waals surface area contributed by atoms with Crippen LogP contribution in [0.5, 0.6) is 0 Å². The van der Waals surface area contributed by atoms with E-state index in [4.69, 9.17) is 0 Å². The van der Waals surface area contributed by atoms with Crippen LogP contribution < -0.4 is 130 Å². The topological polar surface area (TPSA) is 311 Å². The number of rotatable bonds is 8. The number of halogens is 3. The number of benzene rings is 2. The van der Waals surface area contributed by atoms with Gasteiger partial charge in [0.25, 0.3) is 6.33 Å². The van der Waals surface area contributed by atoms with Gasteiger partial charge in [-0.05, 0) is 70.2 Å². The summed E-state index contributed by atoms with van der Waals surface area (Å²) in [5, 5.41) is 0. The molecule has 2 aromatic carbocycles. The number of hydrogen-bond donors (Lipinski definition) is 0. The van der Waals surface area contributed by atoms with Gasteiger partial charge in [0.15, 0.2) is 0 Å². The molecule has 0 atom stereocenters. The third kappa shape index (κ3) is 108. The molecule has 1 aromatic heterocycles. The van der Waals surface area contributed by atoms with Crippen LogP contribution >= 0.6 is 0 Å². The van der Waals surface area contributed by atoms with Gasteiger partial charge in [-0.1, -0.05) is 55.4 Å². The van der Waals surface area contributed by atoms with E-state index in [1.807, 2.05) is 55.4 Å². The maximum Gasteiger partial charge on any atom is 2.00 e. The number of aromatic nitrogens is 2. The second-order valence-corrected chi connectivity index (χ2v) is 37.8. The average Bonchev–Trinajstić information content (AvgIpc) is 3.66. The van der Waals surface area contributed by atoms with Crippen molar-refractivity contribution >= 4 is 139 Å². The second kappa shape index (κ2) is 76.4. The monoisotopic (exact) mass is 1680 g/mol. The standard InChI is InChI=1S/C27H36N2O6S2.11C2H6OS.3ClH.3Na.Pd/c1-16(2)22-11-20(36(30,31)32)12-23(17(3)4)26(22)28-9-10-29(15-28)27-24(18(5)6)13-21(37(33,34)35)14-25(27)19(7)8;11*1-4(2)3;;;;;;;/h9-14,16-19H,1-8H3,(H,30,31,32)(H,33,34,35);11*1-2H3;3*1H;;;;/q;;;;;;;;;;;;;;;3*+1;+2/p-5. The summed E-state index contributed by atoms with van der Waals surface area (Å²) in [5.41, 5.74) is 4.27. The van der Waals surface area contributed by atoms with Crippen molar-refractivity contribution in [2.24, 2.45) is 0 Å². The van der Waals surface area contributed by atoms with E-state index in [0.29, 0.717) is 22.3 Å². The Kier molecular flexibility index (Phi) is 114. The number of imidazole rings is 1. The first-order valence-electron chi connectivity index (χ1n) is 23.1. The maximum absolute atomic E-state index is 11.9. The molecule has 0 aliphatic heterocycles. The second-order valence-electron chi connectivity index (χ2n) is 18.7. The van der Waals surface area contributed by atoms with Crippen molar-refractivity contribution in [3.05, 3.63) is 65.2 Å². The average molecular weight is 1690 g/mol. The summed E-state index contributed by atoms with van der Waals surface area (Å²) in [6, 6.07) is 5.72. The van der Waals surface area contributed by atoms with E-state index in [9.17, 15) is 72.2 Å². The zero-order valence-electron chi connectivity index (χ0n) is 57.9. The molecule has 0 aliphatic rings. The van der Waals surface area contributed by atoms with Crippen molar-refractivity contribution in [1.82, 2.24) is 4.57 Å². The van der Waals surface area contributed by atoms with Crippen LogP contribution in [-0.4, -0.2) is 214 Å². The van der Waals surface area contributed by atoms with Crippen LogP contribution in [0.15, 0.2) is 46.5 Å². The Morgan fingerprint density at radius 1 is 0.364 bits per heavy atom. The van der Waals surface area contributed by atoms with Gasteiger partial charge in [0.2, 0.25) is 0 Å². The molecular weight excluding hydrogens is 1590 g/mol. The summed E-state index contributed by atoms with van der Waals surface area (Å²) in [4.78, 5) is -0.524. The molecule has 0 N–H and O–H groups in total. The molecular formula is C49H100Cl3N2Na3O17PdS13. The summed E-state index contributed by atoms with van der Waals surface area (Å²) in [7, 11) is -16.0. The van der Waals surface area contributed by atoms with Crippen LogP contribution in [0.25, 0.3) is 11.4 Å². The van der Waals surface area contributed by atoms with Crippen LogP contribution in [0.4, 0.5) is 0 Å². The fourth-order valence-corrected chi connectivity index (χ4v) is 5.56. The zero-order chi connectivity index (χ0) is 67.4. The van der Waals surface area contributed by atoms with Crippen molar-refractivity contribution in [1.29, 1.82) is 0 Å². The third-order valence-corrected chi connectivity index (χ3v) is 8.04. The minimum absolute atomic E-state index is 0. The predicted molar refractivity (Wildman–Crippen MR) is 358 cm³/mol. The van der Waals surface area contributed by atoms with Crippen LogP contribution in [-0.2, 0) is 159 Å². The molecule has 0 aliphatic carbocycles. The summed E-state index contributed by atoms with van der Waals surface area (Å²) in [6.07, 6.45) is 43.0. The molecule has 1 heterocycles. The quantitative estimate of drug-likeness (QED) is 0.0875. The Bertz CT molecular complexity index is 2310. The minimum atomic E-state index is -4.65. The summed E-state index contributed by atoms with van der Waals surface area (Å²) >= 11 is 0. The van der Waals surface area contributed by atoms with Gasteiger partial charge in [-0.3, -0.25) is 55.4 Å². The van der Waals surface area contributed by atoms with E-state index in [1.54, 1.807) is 159 Å². The Morgan fingerprint density at radius 3 is 0.648 bits per heavy atom. The largest absolute Gasteiger partial charge is 2.00 e. The smallest absolute Gasteiger partial charge is 1.00 e. The van der Waals surface area contributed by atoms with Crippen molar-refractivity contribution in [3.63, 3.8) is 0 Å². The van der Waals surface area contributed by atoms with Crippen molar-refractivity contribution in [3.8, 4) is 11.4 Å². The summed E-state index contributed by atoms with van der Waals surface area (Å²) in [5.74, 6) is -0.343. The third-order valence-electron chi connectivity index (χ3n) is 6.41. The van der Waals surface area contributed by atoms with E-state index in [2.05, 4.69) is 6.33 Å². The Labute approximate surface area is 660 Å².